The van der Waals surface area contributed by atoms with Gasteiger partial charge >= 0.3 is 5.69 Å². The van der Waals surface area contributed by atoms with Crippen LogP contribution in [0, 0.1) is 10.1 Å². The van der Waals surface area contributed by atoms with Gasteiger partial charge in [0.15, 0.2) is 11.6 Å². The summed E-state index contributed by atoms with van der Waals surface area (Å²) in [5.41, 5.74) is 0.426. The van der Waals surface area contributed by atoms with E-state index >= 15 is 0 Å². The average molecular weight is 357 g/mol. The molecule has 3 aromatic heterocycles. The Labute approximate surface area is 143 Å². The Bertz CT molecular complexity index is 1180. The van der Waals surface area contributed by atoms with E-state index in [0.29, 0.717) is 21.8 Å². The van der Waals surface area contributed by atoms with Gasteiger partial charge in [0.2, 0.25) is 5.78 Å². The minimum absolute atomic E-state index is 0.0187. The molecule has 0 spiro atoms. The maximum Gasteiger partial charge on any atom is 0.310 e. The molecular formula is C15H11N5O4S. The van der Waals surface area contributed by atoms with Crippen molar-refractivity contribution < 1.29 is 9.66 Å². The first-order valence-electron chi connectivity index (χ1n) is 7.24. The molecule has 0 aliphatic heterocycles. The van der Waals surface area contributed by atoms with E-state index in [1.165, 1.54) is 28.0 Å². The minimum Gasteiger partial charge on any atom is -0.479 e. The van der Waals surface area contributed by atoms with E-state index in [1.54, 1.807) is 23.6 Å². The molecule has 0 N–H and O–H groups in total. The van der Waals surface area contributed by atoms with E-state index < -0.39 is 4.92 Å². The van der Waals surface area contributed by atoms with Crippen molar-refractivity contribution in [3.8, 4) is 5.75 Å². The lowest BCUT2D eigenvalue weighted by Crippen LogP contribution is -2.19. The predicted molar refractivity (Wildman–Crippen MR) is 91.0 cm³/mol. The van der Waals surface area contributed by atoms with E-state index in [9.17, 15) is 14.9 Å². The van der Waals surface area contributed by atoms with Crippen LogP contribution in [-0.2, 0) is 13.7 Å². The fraction of sp³-hybridized carbons (Fsp3) is 0.133. The number of rotatable bonds is 4. The monoisotopic (exact) mass is 357 g/mol. The first kappa shape index (κ1) is 15.3. The molecule has 9 nitrogen and oxygen atoms in total. The quantitative estimate of drug-likeness (QED) is 0.409. The van der Waals surface area contributed by atoms with Crippen LogP contribution in [0.2, 0.25) is 0 Å². The molecule has 0 unspecified atom stereocenters. The number of nitro benzene ring substituents is 1. The Kier molecular flexibility index (Phi) is 3.46. The molecule has 0 saturated carbocycles. The van der Waals surface area contributed by atoms with Crippen LogP contribution in [0.4, 0.5) is 5.69 Å². The molecule has 4 rings (SSSR count). The van der Waals surface area contributed by atoms with Crippen LogP contribution in [-0.4, -0.2) is 24.1 Å². The van der Waals surface area contributed by atoms with Gasteiger partial charge in [-0.25, -0.2) is 0 Å². The fourth-order valence-corrected chi connectivity index (χ4v) is 3.47. The smallest absolute Gasteiger partial charge is 0.310 e. The molecule has 1 aromatic carbocycles. The topological polar surface area (TPSA) is 105 Å². The number of benzene rings is 1. The maximum absolute atomic E-state index is 12.3. The highest BCUT2D eigenvalue weighted by Gasteiger charge is 2.18. The molecular weight excluding hydrogens is 346 g/mol. The van der Waals surface area contributed by atoms with Gasteiger partial charge in [0.05, 0.1) is 10.4 Å². The number of hydrogen-bond donors (Lipinski definition) is 0. The van der Waals surface area contributed by atoms with Gasteiger partial charge in [0.25, 0.3) is 5.56 Å². The molecule has 10 heteroatoms. The Hall–Kier alpha value is -3.27. The molecule has 0 saturated heterocycles. The molecule has 0 aliphatic rings. The van der Waals surface area contributed by atoms with Crippen molar-refractivity contribution in [3.05, 3.63) is 62.0 Å². The third kappa shape index (κ3) is 2.34. The second kappa shape index (κ2) is 5.67. The zero-order chi connectivity index (χ0) is 17.6. The number of hydrogen-bond acceptors (Lipinski definition) is 7. The summed E-state index contributed by atoms with van der Waals surface area (Å²) < 4.78 is 9.32. The third-order valence-electron chi connectivity index (χ3n) is 3.82. The molecule has 126 valence electrons. The number of aromatic nitrogens is 4. The van der Waals surface area contributed by atoms with Crippen molar-refractivity contribution in [2.75, 3.05) is 0 Å². The van der Waals surface area contributed by atoms with E-state index in [1.807, 2.05) is 11.4 Å². The van der Waals surface area contributed by atoms with E-state index in [2.05, 4.69) is 10.2 Å². The number of fused-ring (bicyclic) bond motifs is 3. The van der Waals surface area contributed by atoms with Crippen LogP contribution < -0.4 is 10.3 Å². The van der Waals surface area contributed by atoms with Crippen molar-refractivity contribution in [1.82, 2.24) is 19.2 Å². The molecule has 4 aromatic rings. The number of para-hydroxylation sites is 2. The highest BCUT2D eigenvalue weighted by molar-refractivity contribution is 7.17. The molecule has 0 atom stereocenters. The van der Waals surface area contributed by atoms with E-state index in [0.717, 1.165) is 0 Å². The molecule has 0 bridgehead atoms. The summed E-state index contributed by atoms with van der Waals surface area (Å²) in [6.07, 6.45) is 0. The molecule has 0 aliphatic carbocycles. The van der Waals surface area contributed by atoms with Crippen molar-refractivity contribution in [3.63, 3.8) is 0 Å². The zero-order valence-corrected chi connectivity index (χ0v) is 13.8. The summed E-state index contributed by atoms with van der Waals surface area (Å²) in [6, 6.07) is 7.94. The van der Waals surface area contributed by atoms with Crippen molar-refractivity contribution in [1.29, 1.82) is 0 Å². The fourth-order valence-electron chi connectivity index (χ4n) is 2.62. The van der Waals surface area contributed by atoms with Gasteiger partial charge in [-0.05, 0) is 17.5 Å². The number of aryl methyl sites for hydroxylation is 1. The number of thiophene rings is 1. The van der Waals surface area contributed by atoms with Gasteiger partial charge in [0, 0.05) is 13.1 Å². The van der Waals surface area contributed by atoms with Gasteiger partial charge < -0.3 is 4.74 Å². The number of ether oxygens (including phenoxy) is 1. The van der Waals surface area contributed by atoms with Crippen molar-refractivity contribution in [2.45, 2.75) is 6.61 Å². The Balaban J connectivity index is 1.79. The third-order valence-corrected chi connectivity index (χ3v) is 4.71. The summed E-state index contributed by atoms with van der Waals surface area (Å²) >= 11 is 1.34. The lowest BCUT2D eigenvalue weighted by molar-refractivity contribution is -0.385. The standard InChI is InChI=1S/C15H11N5O4S/c1-18-14(21)13-10(6-7-25-13)19-12(16-17-15(18)19)8-24-11-5-3-2-4-9(11)20(22)23/h2-7H,8H2,1H3. The van der Waals surface area contributed by atoms with Crippen molar-refractivity contribution in [2.24, 2.45) is 7.05 Å². The Morgan fingerprint density at radius 3 is 2.88 bits per heavy atom. The molecule has 25 heavy (non-hydrogen) atoms. The van der Waals surface area contributed by atoms with Gasteiger partial charge in [-0.15, -0.1) is 21.5 Å². The largest absolute Gasteiger partial charge is 0.479 e. The van der Waals surface area contributed by atoms with Crippen LogP contribution in [0.1, 0.15) is 5.82 Å². The van der Waals surface area contributed by atoms with Crippen LogP contribution in [0.5, 0.6) is 5.75 Å². The first-order valence-corrected chi connectivity index (χ1v) is 8.12. The minimum atomic E-state index is -0.502. The molecule has 3 heterocycles. The predicted octanol–water partition coefficient (Wildman–Crippen LogP) is 2.13. The highest BCUT2D eigenvalue weighted by Crippen LogP contribution is 2.27. The average Bonchev–Trinajstić information content (AvgIpc) is 3.24. The summed E-state index contributed by atoms with van der Waals surface area (Å²) in [6.45, 7) is -0.0187. The molecule has 0 amide bonds. The number of nitro groups is 1. The number of nitrogens with zero attached hydrogens (tertiary/aromatic N) is 5. The second-order valence-corrected chi connectivity index (χ2v) is 6.18. The van der Waals surface area contributed by atoms with Gasteiger partial charge in [-0.2, -0.15) is 0 Å². The van der Waals surface area contributed by atoms with Gasteiger partial charge in [0.1, 0.15) is 11.3 Å². The Morgan fingerprint density at radius 1 is 1.28 bits per heavy atom. The lowest BCUT2D eigenvalue weighted by Gasteiger charge is -2.07. The molecule has 0 fully saturated rings. The van der Waals surface area contributed by atoms with Gasteiger partial charge in [-0.3, -0.25) is 23.9 Å². The Morgan fingerprint density at radius 2 is 2.08 bits per heavy atom. The van der Waals surface area contributed by atoms with Gasteiger partial charge in [-0.1, -0.05) is 12.1 Å². The summed E-state index contributed by atoms with van der Waals surface area (Å²) in [4.78, 5) is 22.9. The maximum atomic E-state index is 12.3. The summed E-state index contributed by atoms with van der Waals surface area (Å²) in [5.74, 6) is 0.986. The van der Waals surface area contributed by atoms with E-state index in [4.69, 9.17) is 4.74 Å². The highest BCUT2D eigenvalue weighted by atomic mass is 32.1. The zero-order valence-electron chi connectivity index (χ0n) is 12.9. The lowest BCUT2D eigenvalue weighted by atomic mass is 10.3. The van der Waals surface area contributed by atoms with Crippen LogP contribution >= 0.6 is 11.3 Å². The summed E-state index contributed by atoms with van der Waals surface area (Å²) in [5, 5.41) is 21.0. The second-order valence-electron chi connectivity index (χ2n) is 5.26. The summed E-state index contributed by atoms with van der Waals surface area (Å²) in [7, 11) is 1.62. The van der Waals surface area contributed by atoms with E-state index in [-0.39, 0.29) is 23.6 Å². The first-order chi connectivity index (χ1) is 12.1. The SMILES string of the molecule is Cn1c(=O)c2sccc2n2c(COc3ccccc3[N+](=O)[O-])nnc12. The van der Waals surface area contributed by atoms with Crippen LogP contribution in [0.25, 0.3) is 16.0 Å². The van der Waals surface area contributed by atoms with Crippen LogP contribution in [0.15, 0.2) is 40.5 Å². The van der Waals surface area contributed by atoms with Crippen LogP contribution in [0.3, 0.4) is 0 Å². The normalized spacial score (nSPS) is 11.2. The molecule has 0 radical (unpaired) electrons. The van der Waals surface area contributed by atoms with Crippen molar-refractivity contribution >= 4 is 33.0 Å².